The summed E-state index contributed by atoms with van der Waals surface area (Å²) in [5.41, 5.74) is 4.10. The van der Waals surface area contributed by atoms with Gasteiger partial charge in [0.2, 0.25) is 5.91 Å². The minimum Gasteiger partial charge on any atom is -0.465 e. The lowest BCUT2D eigenvalue weighted by molar-refractivity contribution is -0.140. The highest BCUT2D eigenvalue weighted by molar-refractivity contribution is 7.99. The van der Waals surface area contributed by atoms with Crippen molar-refractivity contribution in [3.63, 3.8) is 0 Å². The summed E-state index contributed by atoms with van der Waals surface area (Å²) in [6.07, 6.45) is 2.80. The number of rotatable bonds is 9. The van der Waals surface area contributed by atoms with Crippen molar-refractivity contribution in [3.8, 4) is 0 Å². The highest BCUT2D eigenvalue weighted by Crippen LogP contribution is 2.21. The Balaban J connectivity index is 2.26. The van der Waals surface area contributed by atoms with E-state index < -0.39 is 23.1 Å². The first-order valence-electron chi connectivity index (χ1n) is 8.11. The van der Waals surface area contributed by atoms with Gasteiger partial charge >= 0.3 is 11.7 Å². The zero-order chi connectivity index (χ0) is 19.3. The number of nitrogens with one attached hydrogen (secondary N) is 1. The second-order valence-corrected chi connectivity index (χ2v) is 6.60. The van der Waals surface area contributed by atoms with Crippen molar-refractivity contribution in [2.24, 2.45) is 12.8 Å². The molecule has 10 nitrogen and oxygen atoms in total. The number of hydrogen-bond acceptors (Lipinski definition) is 7. The van der Waals surface area contributed by atoms with E-state index in [2.05, 4.69) is 16.9 Å². The molecule has 0 atom stereocenters. The van der Waals surface area contributed by atoms with Crippen LogP contribution < -0.4 is 17.0 Å². The molecule has 2 heterocycles. The minimum atomic E-state index is -0.679. The fraction of sp³-hybridized carbons (Fsp3) is 0.533. The van der Waals surface area contributed by atoms with Gasteiger partial charge in [0.1, 0.15) is 6.54 Å². The molecule has 0 aliphatic carbocycles. The van der Waals surface area contributed by atoms with Crippen LogP contribution in [0.25, 0.3) is 11.2 Å². The van der Waals surface area contributed by atoms with Crippen molar-refractivity contribution < 1.29 is 14.3 Å². The number of carbonyl (C=O) groups is 2. The number of aromatic amines is 1. The first-order valence-corrected chi connectivity index (χ1v) is 9.10. The second kappa shape index (κ2) is 8.70. The van der Waals surface area contributed by atoms with Gasteiger partial charge in [0, 0.05) is 7.05 Å². The Morgan fingerprint density at radius 3 is 2.69 bits per heavy atom. The van der Waals surface area contributed by atoms with Gasteiger partial charge < -0.3 is 15.0 Å². The highest BCUT2D eigenvalue weighted by Gasteiger charge is 2.19. The fourth-order valence-electron chi connectivity index (χ4n) is 2.33. The third kappa shape index (κ3) is 4.54. The molecule has 2 aromatic rings. The van der Waals surface area contributed by atoms with E-state index in [1.807, 2.05) is 0 Å². The molecular weight excluding hydrogens is 362 g/mol. The lowest BCUT2D eigenvalue weighted by Crippen LogP contribution is -2.30. The molecule has 142 valence electrons. The van der Waals surface area contributed by atoms with Crippen LogP contribution in [0.3, 0.4) is 0 Å². The summed E-state index contributed by atoms with van der Waals surface area (Å²) in [6.45, 7) is 2.10. The van der Waals surface area contributed by atoms with Gasteiger partial charge in [0.05, 0.1) is 12.4 Å². The number of aromatic nitrogens is 4. The number of esters is 1. The van der Waals surface area contributed by atoms with Gasteiger partial charge in [-0.05, 0) is 6.42 Å². The maximum atomic E-state index is 12.1. The number of aryl methyl sites for hydroxylation is 1. The number of nitrogens with zero attached hydrogens (tertiary/aromatic N) is 3. The molecule has 0 fully saturated rings. The van der Waals surface area contributed by atoms with E-state index >= 15 is 0 Å². The number of amides is 1. The third-order valence-electron chi connectivity index (χ3n) is 3.62. The molecule has 0 saturated heterocycles. The maximum Gasteiger partial charge on any atom is 0.329 e. The summed E-state index contributed by atoms with van der Waals surface area (Å²) in [5.74, 6) is -1.15. The summed E-state index contributed by atoms with van der Waals surface area (Å²) in [6, 6.07) is 0. The summed E-state index contributed by atoms with van der Waals surface area (Å²) in [4.78, 5) is 53.4. The number of H-pyrrole nitrogens is 1. The number of ether oxygens (including phenoxy) is 1. The molecule has 0 spiro atoms. The Kier molecular flexibility index (Phi) is 6.61. The van der Waals surface area contributed by atoms with Crippen molar-refractivity contribution in [2.75, 3.05) is 12.4 Å². The Hall–Kier alpha value is -2.56. The molecule has 3 N–H and O–H groups in total. The van der Waals surface area contributed by atoms with Gasteiger partial charge in [0.25, 0.3) is 5.56 Å². The van der Waals surface area contributed by atoms with Crippen molar-refractivity contribution in [3.05, 3.63) is 20.8 Å². The van der Waals surface area contributed by atoms with Crippen LogP contribution in [-0.2, 0) is 27.9 Å². The number of primary amides is 1. The van der Waals surface area contributed by atoms with Gasteiger partial charge in [-0.15, -0.1) is 0 Å². The summed E-state index contributed by atoms with van der Waals surface area (Å²) in [5, 5.41) is 0.232. The third-order valence-corrected chi connectivity index (χ3v) is 4.57. The number of thioether (sulfide) groups is 1. The van der Waals surface area contributed by atoms with E-state index in [0.29, 0.717) is 6.61 Å². The monoisotopic (exact) mass is 383 g/mol. The lowest BCUT2D eigenvalue weighted by Gasteiger charge is -2.06. The molecule has 11 heteroatoms. The molecule has 0 bridgehead atoms. The fourth-order valence-corrected chi connectivity index (χ4v) is 3.12. The number of hydrogen-bond donors (Lipinski definition) is 2. The number of imidazole rings is 1. The van der Waals surface area contributed by atoms with Crippen LogP contribution in [0.1, 0.15) is 26.2 Å². The molecule has 0 aromatic carbocycles. The number of fused-ring (bicyclic) bond motifs is 1. The number of carbonyl (C=O) groups excluding carboxylic acids is 2. The van der Waals surface area contributed by atoms with E-state index in [4.69, 9.17) is 10.5 Å². The molecule has 2 rings (SSSR count). The Morgan fingerprint density at radius 2 is 2.04 bits per heavy atom. The molecule has 0 unspecified atom stereocenters. The highest BCUT2D eigenvalue weighted by atomic mass is 32.2. The Labute approximate surface area is 152 Å². The molecule has 1 amide bonds. The van der Waals surface area contributed by atoms with E-state index in [1.165, 1.54) is 11.6 Å². The van der Waals surface area contributed by atoms with E-state index in [9.17, 15) is 19.2 Å². The molecule has 2 aromatic heterocycles. The quantitative estimate of drug-likeness (QED) is 0.345. The predicted molar refractivity (Wildman–Crippen MR) is 96.0 cm³/mol. The summed E-state index contributed by atoms with van der Waals surface area (Å²) < 4.78 is 7.57. The van der Waals surface area contributed by atoms with Crippen molar-refractivity contribution in [2.45, 2.75) is 37.9 Å². The lowest BCUT2D eigenvalue weighted by atomic mass is 10.3. The van der Waals surface area contributed by atoms with Gasteiger partial charge in [-0.1, -0.05) is 31.5 Å². The normalized spacial score (nSPS) is 11.0. The van der Waals surface area contributed by atoms with E-state index in [0.717, 1.165) is 35.6 Å². The summed E-state index contributed by atoms with van der Waals surface area (Å²) >= 11 is 1.01. The van der Waals surface area contributed by atoms with E-state index in [-0.39, 0.29) is 28.6 Å². The maximum absolute atomic E-state index is 12.1. The van der Waals surface area contributed by atoms with Crippen LogP contribution in [-0.4, -0.2) is 43.3 Å². The van der Waals surface area contributed by atoms with Crippen LogP contribution in [0.2, 0.25) is 0 Å². The molecule has 26 heavy (non-hydrogen) atoms. The van der Waals surface area contributed by atoms with Gasteiger partial charge in [-0.25, -0.2) is 9.78 Å². The largest absolute Gasteiger partial charge is 0.465 e. The predicted octanol–water partition coefficient (Wildman–Crippen LogP) is -0.266. The molecule has 0 radical (unpaired) electrons. The Morgan fingerprint density at radius 1 is 1.31 bits per heavy atom. The smallest absolute Gasteiger partial charge is 0.329 e. The number of nitrogens with two attached hydrogens (primary N) is 1. The van der Waals surface area contributed by atoms with Crippen LogP contribution in [0.5, 0.6) is 0 Å². The van der Waals surface area contributed by atoms with E-state index in [1.54, 1.807) is 0 Å². The molecular formula is C15H21N5O5S. The van der Waals surface area contributed by atoms with Crippen molar-refractivity contribution in [1.82, 2.24) is 19.1 Å². The van der Waals surface area contributed by atoms with Crippen LogP contribution in [0.4, 0.5) is 0 Å². The SMILES string of the molecule is CCCCCOC(=O)CSc1nc2c(c(=O)[nH]c(=O)n2C)n1CC(N)=O. The average molecular weight is 383 g/mol. The summed E-state index contributed by atoms with van der Waals surface area (Å²) in [7, 11) is 1.44. The first-order chi connectivity index (χ1) is 12.3. The van der Waals surface area contributed by atoms with Gasteiger partial charge in [-0.3, -0.25) is 23.9 Å². The molecule has 0 aliphatic rings. The topological polar surface area (TPSA) is 142 Å². The van der Waals surface area contributed by atoms with Crippen LogP contribution >= 0.6 is 11.8 Å². The van der Waals surface area contributed by atoms with Crippen LogP contribution in [0.15, 0.2) is 14.7 Å². The van der Waals surface area contributed by atoms with Crippen LogP contribution in [0, 0.1) is 0 Å². The standard InChI is InChI=1S/C15H21N5O5S/c1-3-4-5-6-25-10(22)8-26-15-17-12-11(20(15)7-9(16)21)13(23)18-14(24)19(12)2/h3-8H2,1-2H3,(H2,16,21)(H,18,23,24). The Bertz CT molecular complexity index is 929. The molecule has 0 saturated carbocycles. The van der Waals surface area contributed by atoms with Gasteiger partial charge in [-0.2, -0.15) is 0 Å². The average Bonchev–Trinajstić information content (AvgIpc) is 2.93. The van der Waals surface area contributed by atoms with Crippen molar-refractivity contribution >= 4 is 34.8 Å². The van der Waals surface area contributed by atoms with Gasteiger partial charge in [0.15, 0.2) is 16.3 Å². The number of unbranched alkanes of at least 4 members (excludes halogenated alkanes) is 2. The second-order valence-electron chi connectivity index (χ2n) is 5.65. The van der Waals surface area contributed by atoms with Crippen molar-refractivity contribution in [1.29, 1.82) is 0 Å². The first kappa shape index (κ1) is 19.8. The zero-order valence-corrected chi connectivity index (χ0v) is 15.4. The molecule has 0 aliphatic heterocycles. The zero-order valence-electron chi connectivity index (χ0n) is 14.6. The minimum absolute atomic E-state index is 0.0416.